The molecular weight excluding hydrogens is 446 g/mol. The molecule has 0 bridgehead atoms. The zero-order valence-electron chi connectivity index (χ0n) is 22.3. The Kier molecular flexibility index (Phi) is 11.3. The van der Waals surface area contributed by atoms with Gasteiger partial charge in [-0.1, -0.05) is 83.1 Å². The molecule has 0 atom stereocenters. The van der Waals surface area contributed by atoms with Crippen LogP contribution in [-0.2, 0) is 4.74 Å². The third-order valence-corrected chi connectivity index (χ3v) is 7.48. The quantitative estimate of drug-likeness (QED) is 0.196. The monoisotopic (exact) mass is 489 g/mol. The van der Waals surface area contributed by atoms with Crippen LogP contribution >= 0.6 is 0 Å². The lowest BCUT2D eigenvalue weighted by Gasteiger charge is -2.34. The first-order valence-corrected chi connectivity index (χ1v) is 14.0. The lowest BCUT2D eigenvalue weighted by molar-refractivity contribution is 0.0105. The minimum absolute atomic E-state index is 0.0934. The van der Waals surface area contributed by atoms with Gasteiger partial charge in [-0.2, -0.15) is 5.26 Å². The number of carbonyl (C=O) groups is 1. The average molecular weight is 490 g/mol. The molecule has 3 rings (SSSR count). The van der Waals surface area contributed by atoms with Crippen LogP contribution < -0.4 is 4.74 Å². The van der Waals surface area contributed by atoms with E-state index < -0.39 is 0 Å². The van der Waals surface area contributed by atoms with Crippen molar-refractivity contribution >= 4 is 5.97 Å². The molecular formula is C32H43NO3. The van der Waals surface area contributed by atoms with Gasteiger partial charge >= 0.3 is 5.97 Å². The molecule has 2 aromatic carbocycles. The lowest BCUT2D eigenvalue weighted by atomic mass is 9.71. The number of benzene rings is 2. The predicted octanol–water partition coefficient (Wildman–Crippen LogP) is 8.89. The van der Waals surface area contributed by atoms with Gasteiger partial charge in [0.1, 0.15) is 11.9 Å². The van der Waals surface area contributed by atoms with E-state index in [-0.39, 0.29) is 17.5 Å². The summed E-state index contributed by atoms with van der Waals surface area (Å²) in [6, 6.07) is 18.3. The molecule has 0 amide bonds. The molecule has 0 spiro atoms. The van der Waals surface area contributed by atoms with Crippen molar-refractivity contribution in [1.82, 2.24) is 0 Å². The fraction of sp³-hybridized carbons (Fsp3) is 0.562. The van der Waals surface area contributed by atoms with Gasteiger partial charge < -0.3 is 9.47 Å². The summed E-state index contributed by atoms with van der Waals surface area (Å²) in [6.07, 6.45) is 13.8. The molecule has 4 nitrogen and oxygen atoms in total. The molecule has 4 heteroatoms. The van der Waals surface area contributed by atoms with Crippen molar-refractivity contribution in [3.05, 3.63) is 54.1 Å². The fourth-order valence-electron chi connectivity index (χ4n) is 5.03. The van der Waals surface area contributed by atoms with Gasteiger partial charge in [0.05, 0.1) is 23.7 Å². The van der Waals surface area contributed by atoms with Gasteiger partial charge in [0.25, 0.3) is 0 Å². The zero-order chi connectivity index (χ0) is 25.6. The first-order valence-electron chi connectivity index (χ1n) is 14.0. The van der Waals surface area contributed by atoms with E-state index >= 15 is 0 Å². The second-order valence-electron chi connectivity index (χ2n) is 10.3. The molecule has 1 saturated carbocycles. The van der Waals surface area contributed by atoms with E-state index in [2.05, 4.69) is 32.0 Å². The molecule has 2 aromatic rings. The maximum Gasteiger partial charge on any atom is 0.338 e. The molecule has 1 aliphatic carbocycles. The van der Waals surface area contributed by atoms with E-state index in [1.54, 1.807) is 0 Å². The summed E-state index contributed by atoms with van der Waals surface area (Å²) in [6.45, 7) is 5.16. The number of hydrogen-bond donors (Lipinski definition) is 0. The van der Waals surface area contributed by atoms with E-state index in [1.807, 2.05) is 36.4 Å². The van der Waals surface area contributed by atoms with Crippen LogP contribution in [0.25, 0.3) is 11.1 Å². The van der Waals surface area contributed by atoms with Crippen molar-refractivity contribution in [3.63, 3.8) is 0 Å². The molecule has 0 saturated heterocycles. The number of nitrogens with zero attached hydrogens (tertiary/aromatic N) is 1. The number of carbonyl (C=O) groups excluding carboxylic acids is 1. The summed E-state index contributed by atoms with van der Waals surface area (Å²) in [5, 5.41) is 9.67. The third-order valence-electron chi connectivity index (χ3n) is 7.48. The zero-order valence-corrected chi connectivity index (χ0v) is 22.3. The number of ether oxygens (including phenoxy) is 2. The maximum atomic E-state index is 12.7. The summed E-state index contributed by atoms with van der Waals surface area (Å²) in [4.78, 5) is 12.7. The molecule has 0 aromatic heterocycles. The molecule has 36 heavy (non-hydrogen) atoms. The van der Waals surface area contributed by atoms with Crippen LogP contribution in [-0.4, -0.2) is 18.7 Å². The van der Waals surface area contributed by atoms with E-state index in [4.69, 9.17) is 9.47 Å². The summed E-state index contributed by atoms with van der Waals surface area (Å²) in [7, 11) is 0. The van der Waals surface area contributed by atoms with Crippen LogP contribution in [0.4, 0.5) is 0 Å². The Hall–Kier alpha value is -2.80. The maximum absolute atomic E-state index is 12.7. The smallest absolute Gasteiger partial charge is 0.338 e. The van der Waals surface area contributed by atoms with Crippen molar-refractivity contribution in [1.29, 1.82) is 5.26 Å². The van der Waals surface area contributed by atoms with Crippen molar-refractivity contribution < 1.29 is 14.3 Å². The van der Waals surface area contributed by atoms with Crippen LogP contribution in [0.2, 0.25) is 0 Å². The van der Waals surface area contributed by atoms with Crippen LogP contribution in [0, 0.1) is 16.7 Å². The van der Waals surface area contributed by atoms with Crippen LogP contribution in [0.1, 0.15) is 108 Å². The van der Waals surface area contributed by atoms with Gasteiger partial charge in [0.2, 0.25) is 0 Å². The molecule has 194 valence electrons. The lowest BCUT2D eigenvalue weighted by Crippen LogP contribution is -2.31. The second kappa shape index (κ2) is 14.7. The van der Waals surface area contributed by atoms with Gasteiger partial charge in [-0.25, -0.2) is 4.79 Å². The number of unbranched alkanes of at least 4 members (excludes halogenated alkanes) is 6. The van der Waals surface area contributed by atoms with Crippen molar-refractivity contribution in [3.8, 4) is 22.9 Å². The highest BCUT2D eigenvalue weighted by molar-refractivity contribution is 5.90. The average Bonchev–Trinajstić information content (AvgIpc) is 2.93. The van der Waals surface area contributed by atoms with Crippen LogP contribution in [0.15, 0.2) is 48.5 Å². The number of esters is 1. The summed E-state index contributed by atoms with van der Waals surface area (Å²) in [5.74, 6) is 0.623. The van der Waals surface area contributed by atoms with Gasteiger partial charge in [-0.3, -0.25) is 0 Å². The minimum Gasteiger partial charge on any atom is -0.494 e. The standard InChI is InChI=1S/C32H43NO3/c1-3-5-7-8-9-10-24-35-29-17-15-27(16-18-29)26-11-13-28(14-12-26)31(34)36-30-19-22-32(25-33,23-20-30)21-6-4-2/h11-18,30H,3-10,19-24H2,1-2H3. The third kappa shape index (κ3) is 8.40. The van der Waals surface area contributed by atoms with E-state index in [0.29, 0.717) is 5.56 Å². The summed E-state index contributed by atoms with van der Waals surface area (Å²) in [5.41, 5.74) is 2.49. The van der Waals surface area contributed by atoms with Gasteiger partial charge in [-0.15, -0.1) is 0 Å². The molecule has 0 radical (unpaired) electrons. The largest absolute Gasteiger partial charge is 0.494 e. The molecule has 1 aliphatic rings. The number of hydrogen-bond acceptors (Lipinski definition) is 4. The molecule has 0 aliphatic heterocycles. The van der Waals surface area contributed by atoms with E-state index in [9.17, 15) is 10.1 Å². The predicted molar refractivity (Wildman–Crippen MR) is 146 cm³/mol. The Morgan fingerprint density at radius 2 is 1.44 bits per heavy atom. The number of rotatable bonds is 14. The Bertz CT molecular complexity index is 950. The topological polar surface area (TPSA) is 59.3 Å². The van der Waals surface area contributed by atoms with Gasteiger partial charge in [0.15, 0.2) is 0 Å². The molecule has 0 unspecified atom stereocenters. The number of nitriles is 1. The minimum atomic E-state index is -0.275. The Balaban J connectivity index is 1.44. The molecule has 0 heterocycles. The second-order valence-corrected chi connectivity index (χ2v) is 10.3. The van der Waals surface area contributed by atoms with Crippen molar-refractivity contribution in [2.24, 2.45) is 5.41 Å². The first kappa shape index (κ1) is 27.8. The van der Waals surface area contributed by atoms with E-state index in [0.717, 1.165) is 74.8 Å². The summed E-state index contributed by atoms with van der Waals surface area (Å²) < 4.78 is 11.7. The van der Waals surface area contributed by atoms with Crippen molar-refractivity contribution in [2.75, 3.05) is 6.61 Å². The highest BCUT2D eigenvalue weighted by atomic mass is 16.5. The Morgan fingerprint density at radius 1 is 0.861 bits per heavy atom. The first-order chi connectivity index (χ1) is 17.6. The highest BCUT2D eigenvalue weighted by Gasteiger charge is 2.36. The van der Waals surface area contributed by atoms with Gasteiger partial charge in [-0.05, 0) is 73.9 Å². The van der Waals surface area contributed by atoms with Crippen molar-refractivity contribution in [2.45, 2.75) is 103 Å². The normalized spacial score (nSPS) is 19.4. The SMILES string of the molecule is CCCCCCCCOc1ccc(-c2ccc(C(=O)OC3CCC(C#N)(CCCC)CC3)cc2)cc1. The Morgan fingerprint density at radius 3 is 2.06 bits per heavy atom. The summed E-state index contributed by atoms with van der Waals surface area (Å²) >= 11 is 0. The fourth-order valence-corrected chi connectivity index (χ4v) is 5.03. The molecule has 0 N–H and O–H groups in total. The van der Waals surface area contributed by atoms with E-state index in [1.165, 1.54) is 32.1 Å². The van der Waals surface area contributed by atoms with Crippen LogP contribution in [0.3, 0.4) is 0 Å². The van der Waals surface area contributed by atoms with Gasteiger partial charge in [0, 0.05) is 0 Å². The van der Waals surface area contributed by atoms with Crippen LogP contribution in [0.5, 0.6) is 5.75 Å². The molecule has 1 fully saturated rings. The highest BCUT2D eigenvalue weighted by Crippen LogP contribution is 2.41. The Labute approximate surface area is 218 Å².